The van der Waals surface area contributed by atoms with Crippen molar-refractivity contribution in [2.45, 2.75) is 43.9 Å². The van der Waals surface area contributed by atoms with Crippen LogP contribution >= 0.6 is 11.3 Å². The van der Waals surface area contributed by atoms with Gasteiger partial charge in [-0.05, 0) is 36.7 Å². The van der Waals surface area contributed by atoms with E-state index in [0.717, 1.165) is 44.2 Å². The minimum Gasteiger partial charge on any atom is -0.381 e. The average Bonchev–Trinajstić information content (AvgIpc) is 3.34. The van der Waals surface area contributed by atoms with Crippen LogP contribution in [-0.2, 0) is 4.74 Å². The zero-order valence-electron chi connectivity index (χ0n) is 16.0. The molecule has 1 unspecified atom stereocenters. The Kier molecular flexibility index (Phi) is 4.80. The van der Waals surface area contributed by atoms with E-state index in [4.69, 9.17) is 4.74 Å². The largest absolute Gasteiger partial charge is 0.381 e. The number of urea groups is 1. The Bertz CT molecular complexity index is 830. The van der Waals surface area contributed by atoms with Gasteiger partial charge in [0.2, 0.25) is 5.13 Å². The molecule has 1 N–H and O–H groups in total. The van der Waals surface area contributed by atoms with Crippen LogP contribution in [0.25, 0.3) is 0 Å². The Morgan fingerprint density at radius 3 is 2.68 bits per heavy atom. The third kappa shape index (κ3) is 3.31. The van der Waals surface area contributed by atoms with Crippen LogP contribution in [0.3, 0.4) is 0 Å². The topological polar surface area (TPSA) is 67.3 Å². The summed E-state index contributed by atoms with van der Waals surface area (Å²) in [6.45, 7) is 3.18. The molecule has 0 radical (unpaired) electrons. The molecule has 0 bridgehead atoms. The number of amides is 2. The predicted octanol–water partition coefficient (Wildman–Crippen LogP) is 4.23. The van der Waals surface area contributed by atoms with E-state index in [-0.39, 0.29) is 11.4 Å². The van der Waals surface area contributed by atoms with Crippen molar-refractivity contribution in [3.8, 4) is 0 Å². The lowest BCUT2D eigenvalue weighted by Crippen LogP contribution is -2.39. The van der Waals surface area contributed by atoms with Crippen LogP contribution in [0.5, 0.6) is 0 Å². The summed E-state index contributed by atoms with van der Waals surface area (Å²) in [5.41, 5.74) is 1.61. The van der Waals surface area contributed by atoms with E-state index in [0.29, 0.717) is 17.0 Å². The number of nitrogens with zero attached hydrogens (tertiary/aromatic N) is 3. The second kappa shape index (κ2) is 7.44. The van der Waals surface area contributed by atoms with E-state index in [1.165, 1.54) is 36.2 Å². The molecule has 1 aliphatic carbocycles. The van der Waals surface area contributed by atoms with Crippen molar-refractivity contribution >= 4 is 22.5 Å². The van der Waals surface area contributed by atoms with Gasteiger partial charge in [-0.1, -0.05) is 48.1 Å². The summed E-state index contributed by atoms with van der Waals surface area (Å²) in [4.78, 5) is 14.9. The maximum Gasteiger partial charge on any atom is 0.323 e. The molecule has 6 nitrogen and oxygen atoms in total. The molecule has 1 aromatic heterocycles. The highest BCUT2D eigenvalue weighted by Gasteiger charge is 2.51. The van der Waals surface area contributed by atoms with Crippen molar-refractivity contribution in [1.29, 1.82) is 0 Å². The van der Waals surface area contributed by atoms with Crippen molar-refractivity contribution in [2.24, 2.45) is 5.41 Å². The maximum atomic E-state index is 12.9. The quantitative estimate of drug-likeness (QED) is 0.840. The number of hydrogen-bond donors (Lipinski definition) is 1. The van der Waals surface area contributed by atoms with E-state index >= 15 is 0 Å². The Balaban J connectivity index is 1.27. The van der Waals surface area contributed by atoms with Crippen molar-refractivity contribution in [2.75, 3.05) is 31.6 Å². The van der Waals surface area contributed by atoms with E-state index in [9.17, 15) is 4.79 Å². The Hall–Kier alpha value is -1.99. The van der Waals surface area contributed by atoms with Crippen LogP contribution in [0.4, 0.5) is 9.93 Å². The minimum absolute atomic E-state index is 0.0422. The molecule has 3 heterocycles. The number of hydrogen-bond acceptors (Lipinski definition) is 5. The first-order valence-electron chi connectivity index (χ1n) is 10.3. The van der Waals surface area contributed by atoms with Crippen molar-refractivity contribution < 1.29 is 9.53 Å². The second-order valence-corrected chi connectivity index (χ2v) is 9.33. The van der Waals surface area contributed by atoms with Crippen LogP contribution in [0.1, 0.15) is 54.5 Å². The maximum absolute atomic E-state index is 12.9. The summed E-state index contributed by atoms with van der Waals surface area (Å²) in [6, 6.07) is 10.6. The fourth-order valence-electron chi connectivity index (χ4n) is 4.97. The molecule has 1 aromatic carbocycles. The SMILES string of the molecule is O=C(Nc1nnc(C2CCOCC2)s1)N1CC(c2ccccc2)C2(CCC2)C1. The summed E-state index contributed by atoms with van der Waals surface area (Å²) >= 11 is 1.51. The fraction of sp³-hybridized carbons (Fsp3) is 0.571. The fourth-order valence-corrected chi connectivity index (χ4v) is 5.87. The van der Waals surface area contributed by atoms with Gasteiger partial charge in [-0.25, -0.2) is 4.79 Å². The lowest BCUT2D eigenvalue weighted by molar-refractivity contribution is 0.0851. The van der Waals surface area contributed by atoms with E-state index < -0.39 is 0 Å². The molecule has 1 spiro atoms. The van der Waals surface area contributed by atoms with Gasteiger partial charge in [0, 0.05) is 38.1 Å². The summed E-state index contributed by atoms with van der Waals surface area (Å²) in [6.07, 6.45) is 5.65. The molecule has 2 saturated heterocycles. The van der Waals surface area contributed by atoms with Gasteiger partial charge in [0.05, 0.1) is 0 Å². The number of carbonyl (C=O) groups excluding carboxylic acids is 1. The van der Waals surface area contributed by atoms with Gasteiger partial charge in [0.25, 0.3) is 0 Å². The molecular weight excluding hydrogens is 372 g/mol. The highest BCUT2D eigenvalue weighted by molar-refractivity contribution is 7.15. The van der Waals surface area contributed by atoms with E-state index in [2.05, 4.69) is 45.8 Å². The molecule has 1 saturated carbocycles. The number of nitrogens with one attached hydrogen (secondary N) is 1. The first kappa shape index (κ1) is 18.1. The number of aromatic nitrogens is 2. The van der Waals surface area contributed by atoms with Gasteiger partial charge in [0.1, 0.15) is 5.01 Å². The van der Waals surface area contributed by atoms with E-state index in [1.54, 1.807) is 0 Å². The van der Waals surface area contributed by atoms with Crippen molar-refractivity contribution in [3.05, 3.63) is 40.9 Å². The summed E-state index contributed by atoms with van der Waals surface area (Å²) in [7, 11) is 0. The van der Waals surface area contributed by atoms with E-state index in [1.807, 2.05) is 4.90 Å². The standard InChI is InChI=1S/C21H26N4O2S/c26-20(22-19-24-23-18(28-19)16-7-11-27-12-8-16)25-13-17(15-5-2-1-3-6-15)21(14-25)9-4-10-21/h1-3,5-6,16-17H,4,7-14H2,(H,22,24,26). The number of benzene rings is 1. The van der Waals surface area contributed by atoms with Crippen LogP contribution in [0, 0.1) is 5.41 Å². The van der Waals surface area contributed by atoms with Crippen LogP contribution in [0.2, 0.25) is 0 Å². The first-order valence-corrected chi connectivity index (χ1v) is 11.1. The normalized spacial score (nSPS) is 24.3. The number of carbonyl (C=O) groups is 1. The molecule has 7 heteroatoms. The average molecular weight is 399 g/mol. The molecular formula is C21H26N4O2S. The Morgan fingerprint density at radius 1 is 1.18 bits per heavy atom. The molecule has 3 fully saturated rings. The predicted molar refractivity (Wildman–Crippen MR) is 109 cm³/mol. The highest BCUT2D eigenvalue weighted by atomic mass is 32.1. The Morgan fingerprint density at radius 2 is 1.96 bits per heavy atom. The van der Waals surface area contributed by atoms with Gasteiger partial charge in [0.15, 0.2) is 0 Å². The molecule has 5 rings (SSSR count). The van der Waals surface area contributed by atoms with Crippen LogP contribution < -0.4 is 5.32 Å². The second-order valence-electron chi connectivity index (χ2n) is 8.32. The summed E-state index contributed by atoms with van der Waals surface area (Å²) in [5.74, 6) is 0.838. The van der Waals surface area contributed by atoms with Gasteiger partial charge in [-0.15, -0.1) is 10.2 Å². The first-order chi connectivity index (χ1) is 13.7. The summed E-state index contributed by atoms with van der Waals surface area (Å²) in [5, 5.41) is 13.2. The molecule has 2 aliphatic heterocycles. The molecule has 2 amide bonds. The number of anilines is 1. The van der Waals surface area contributed by atoms with Gasteiger partial charge in [-0.3, -0.25) is 5.32 Å². The van der Waals surface area contributed by atoms with Gasteiger partial charge >= 0.3 is 6.03 Å². The molecule has 2 aromatic rings. The monoisotopic (exact) mass is 398 g/mol. The zero-order valence-corrected chi connectivity index (χ0v) is 16.8. The Labute approximate surface area is 169 Å². The molecule has 1 atom stereocenters. The molecule has 3 aliphatic rings. The van der Waals surface area contributed by atoms with Crippen molar-refractivity contribution in [1.82, 2.24) is 15.1 Å². The number of likely N-dealkylation sites (tertiary alicyclic amines) is 1. The third-order valence-corrected chi connectivity index (χ3v) is 7.71. The third-order valence-electron chi connectivity index (χ3n) is 6.71. The van der Waals surface area contributed by atoms with Gasteiger partial charge in [-0.2, -0.15) is 0 Å². The highest BCUT2D eigenvalue weighted by Crippen LogP contribution is 2.55. The minimum atomic E-state index is -0.0422. The smallest absolute Gasteiger partial charge is 0.323 e. The van der Waals surface area contributed by atoms with Crippen LogP contribution in [0.15, 0.2) is 30.3 Å². The van der Waals surface area contributed by atoms with Crippen LogP contribution in [-0.4, -0.2) is 47.4 Å². The zero-order chi connectivity index (χ0) is 19.0. The number of ether oxygens (including phenoxy) is 1. The lowest BCUT2D eigenvalue weighted by Gasteiger charge is -2.42. The molecule has 148 valence electrons. The van der Waals surface area contributed by atoms with Crippen molar-refractivity contribution in [3.63, 3.8) is 0 Å². The summed E-state index contributed by atoms with van der Waals surface area (Å²) < 4.78 is 5.42. The van der Waals surface area contributed by atoms with Gasteiger partial charge < -0.3 is 9.64 Å². The molecule has 28 heavy (non-hydrogen) atoms. The number of rotatable bonds is 3. The lowest BCUT2D eigenvalue weighted by atomic mass is 9.61.